The molecule has 0 aliphatic heterocycles. The number of hydrogen-bond donors (Lipinski definition) is 0. The predicted molar refractivity (Wildman–Crippen MR) is 77.4 cm³/mol. The van der Waals surface area contributed by atoms with Gasteiger partial charge in [0.15, 0.2) is 11.6 Å². The van der Waals surface area contributed by atoms with Crippen LogP contribution in [0.5, 0.6) is 0 Å². The Morgan fingerprint density at radius 3 is 2.45 bits per heavy atom. The Morgan fingerprint density at radius 1 is 1.27 bits per heavy atom. The van der Waals surface area contributed by atoms with Crippen LogP contribution >= 0.6 is 0 Å². The van der Waals surface area contributed by atoms with Crippen molar-refractivity contribution in [3.05, 3.63) is 47.8 Å². The number of aromatic nitrogens is 2. The molecular formula is C14H17F2N3O2S. The molecule has 2 aromatic rings. The van der Waals surface area contributed by atoms with Crippen molar-refractivity contribution < 1.29 is 17.2 Å². The van der Waals surface area contributed by atoms with E-state index in [2.05, 4.69) is 5.10 Å². The zero-order valence-corrected chi connectivity index (χ0v) is 13.3. The molecule has 1 aromatic carbocycles. The molecule has 0 saturated carbocycles. The lowest BCUT2D eigenvalue weighted by Gasteiger charge is -2.25. The summed E-state index contributed by atoms with van der Waals surface area (Å²) in [5, 5.41) is 4.00. The minimum absolute atomic E-state index is 0.104. The lowest BCUT2D eigenvalue weighted by atomic mass is 10.3. The average Bonchev–Trinajstić information content (AvgIpc) is 2.84. The number of benzene rings is 1. The second kappa shape index (κ2) is 6.13. The van der Waals surface area contributed by atoms with E-state index in [1.165, 1.54) is 4.31 Å². The molecule has 0 saturated heterocycles. The molecule has 0 aliphatic carbocycles. The molecule has 0 spiro atoms. The van der Waals surface area contributed by atoms with E-state index in [1.54, 1.807) is 38.0 Å². The lowest BCUT2D eigenvalue weighted by molar-refractivity contribution is 0.347. The first kappa shape index (κ1) is 16.6. The maximum atomic E-state index is 13.3. The molecule has 0 aliphatic rings. The highest BCUT2D eigenvalue weighted by Gasteiger charge is 2.28. The number of sulfonamides is 1. The molecule has 0 unspecified atom stereocenters. The number of aryl methyl sites for hydroxylation is 1. The van der Waals surface area contributed by atoms with Crippen LogP contribution < -0.4 is 0 Å². The fraction of sp³-hybridized carbons (Fsp3) is 0.357. The topological polar surface area (TPSA) is 55.2 Å². The molecule has 22 heavy (non-hydrogen) atoms. The smallest absolute Gasteiger partial charge is 0.243 e. The van der Waals surface area contributed by atoms with Crippen molar-refractivity contribution >= 4 is 10.0 Å². The third kappa shape index (κ3) is 3.33. The third-order valence-corrected chi connectivity index (χ3v) is 5.19. The van der Waals surface area contributed by atoms with Crippen molar-refractivity contribution in [2.24, 2.45) is 7.05 Å². The SMILES string of the molecule is CC(C)N(Cc1cnn(C)c1)S(=O)(=O)c1ccc(F)c(F)c1. The Labute approximate surface area is 128 Å². The van der Waals surface area contributed by atoms with Crippen LogP contribution in [-0.2, 0) is 23.6 Å². The van der Waals surface area contributed by atoms with Gasteiger partial charge in [0.25, 0.3) is 0 Å². The van der Waals surface area contributed by atoms with Crippen LogP contribution in [0.4, 0.5) is 8.78 Å². The van der Waals surface area contributed by atoms with Gasteiger partial charge in [-0.1, -0.05) is 0 Å². The Morgan fingerprint density at radius 2 is 1.95 bits per heavy atom. The van der Waals surface area contributed by atoms with E-state index in [0.717, 1.165) is 12.1 Å². The van der Waals surface area contributed by atoms with Crippen molar-refractivity contribution in [3.63, 3.8) is 0 Å². The largest absolute Gasteiger partial charge is 0.275 e. The van der Waals surface area contributed by atoms with Gasteiger partial charge in [-0.3, -0.25) is 4.68 Å². The summed E-state index contributed by atoms with van der Waals surface area (Å²) in [6, 6.07) is 2.22. The maximum Gasteiger partial charge on any atom is 0.243 e. The van der Waals surface area contributed by atoms with Gasteiger partial charge in [-0.2, -0.15) is 9.40 Å². The van der Waals surface area contributed by atoms with Crippen LogP contribution in [0.3, 0.4) is 0 Å². The fourth-order valence-corrected chi connectivity index (χ4v) is 3.69. The molecule has 2 rings (SSSR count). The highest BCUT2D eigenvalue weighted by molar-refractivity contribution is 7.89. The van der Waals surface area contributed by atoms with Gasteiger partial charge in [-0.25, -0.2) is 17.2 Å². The van der Waals surface area contributed by atoms with Gasteiger partial charge in [0.05, 0.1) is 11.1 Å². The van der Waals surface area contributed by atoms with Gasteiger partial charge in [0, 0.05) is 31.4 Å². The van der Waals surface area contributed by atoms with Crippen LogP contribution in [-0.4, -0.2) is 28.5 Å². The summed E-state index contributed by atoms with van der Waals surface area (Å²) in [5.41, 5.74) is 0.711. The molecule has 0 bridgehead atoms. The summed E-state index contributed by atoms with van der Waals surface area (Å²) in [5.74, 6) is -2.27. The van der Waals surface area contributed by atoms with Crippen molar-refractivity contribution in [1.82, 2.24) is 14.1 Å². The van der Waals surface area contributed by atoms with E-state index in [4.69, 9.17) is 0 Å². The first-order chi connectivity index (χ1) is 10.2. The Hall–Kier alpha value is -1.80. The van der Waals surface area contributed by atoms with Gasteiger partial charge in [-0.05, 0) is 32.0 Å². The van der Waals surface area contributed by atoms with Crippen LogP contribution in [0.15, 0.2) is 35.5 Å². The number of halogens is 2. The quantitative estimate of drug-likeness (QED) is 0.846. The van der Waals surface area contributed by atoms with Crippen molar-refractivity contribution in [3.8, 4) is 0 Å². The monoisotopic (exact) mass is 329 g/mol. The Bertz CT molecular complexity index is 772. The Balaban J connectivity index is 2.39. The molecule has 0 radical (unpaired) electrons. The number of rotatable bonds is 5. The molecular weight excluding hydrogens is 312 g/mol. The lowest BCUT2D eigenvalue weighted by Crippen LogP contribution is -2.36. The normalized spacial score (nSPS) is 12.3. The molecule has 0 atom stereocenters. The Kier molecular flexibility index (Phi) is 4.62. The average molecular weight is 329 g/mol. The minimum atomic E-state index is -3.94. The van der Waals surface area contributed by atoms with Crippen LogP contribution in [0.2, 0.25) is 0 Å². The first-order valence-corrected chi connectivity index (χ1v) is 8.10. The zero-order valence-electron chi connectivity index (χ0n) is 12.5. The van der Waals surface area contributed by atoms with E-state index in [9.17, 15) is 17.2 Å². The molecule has 0 amide bonds. The van der Waals surface area contributed by atoms with Crippen molar-refractivity contribution in [2.45, 2.75) is 31.3 Å². The fourth-order valence-electron chi connectivity index (χ4n) is 2.05. The van der Waals surface area contributed by atoms with Gasteiger partial charge in [0.1, 0.15) is 0 Å². The van der Waals surface area contributed by atoms with Gasteiger partial charge in [-0.15, -0.1) is 0 Å². The number of nitrogens with zero attached hydrogens (tertiary/aromatic N) is 3. The molecule has 8 heteroatoms. The highest BCUT2D eigenvalue weighted by atomic mass is 32.2. The second-order valence-corrected chi connectivity index (χ2v) is 7.13. The van der Waals surface area contributed by atoms with E-state index in [1.807, 2.05) is 0 Å². The summed E-state index contributed by atoms with van der Waals surface area (Å²) in [6.45, 7) is 3.54. The molecule has 0 fully saturated rings. The van der Waals surface area contributed by atoms with Crippen molar-refractivity contribution in [1.29, 1.82) is 0 Å². The molecule has 120 valence electrons. The van der Waals surface area contributed by atoms with Crippen LogP contribution in [0, 0.1) is 11.6 Å². The summed E-state index contributed by atoms with van der Waals surface area (Å²) < 4.78 is 54.4. The maximum absolute atomic E-state index is 13.3. The van der Waals surface area contributed by atoms with Gasteiger partial charge < -0.3 is 0 Å². The van der Waals surface area contributed by atoms with Crippen molar-refractivity contribution in [2.75, 3.05) is 0 Å². The van der Waals surface area contributed by atoms with Gasteiger partial charge in [0.2, 0.25) is 10.0 Å². The van der Waals surface area contributed by atoms with Crippen LogP contribution in [0.25, 0.3) is 0 Å². The zero-order chi connectivity index (χ0) is 16.5. The molecule has 5 nitrogen and oxygen atoms in total. The highest BCUT2D eigenvalue weighted by Crippen LogP contribution is 2.22. The van der Waals surface area contributed by atoms with E-state index in [-0.39, 0.29) is 17.5 Å². The van der Waals surface area contributed by atoms with Gasteiger partial charge >= 0.3 is 0 Å². The number of hydrogen-bond acceptors (Lipinski definition) is 3. The summed E-state index contributed by atoms with van der Waals surface area (Å²) in [7, 11) is -2.21. The molecule has 0 N–H and O–H groups in total. The standard InChI is InChI=1S/C14H17F2N3O2S/c1-10(2)19(9-11-7-17-18(3)8-11)22(20,21)12-4-5-13(15)14(16)6-12/h4-8,10H,9H2,1-3H3. The first-order valence-electron chi connectivity index (χ1n) is 6.66. The summed E-state index contributed by atoms with van der Waals surface area (Å²) >= 11 is 0. The third-order valence-electron chi connectivity index (χ3n) is 3.17. The molecule has 1 aromatic heterocycles. The predicted octanol–water partition coefficient (Wildman–Crippen LogP) is 2.30. The van der Waals surface area contributed by atoms with E-state index >= 15 is 0 Å². The second-order valence-electron chi connectivity index (χ2n) is 5.24. The van der Waals surface area contributed by atoms with Crippen LogP contribution in [0.1, 0.15) is 19.4 Å². The van der Waals surface area contributed by atoms with E-state index < -0.39 is 21.7 Å². The summed E-state index contributed by atoms with van der Waals surface area (Å²) in [4.78, 5) is -0.274. The minimum Gasteiger partial charge on any atom is -0.275 e. The van der Waals surface area contributed by atoms with E-state index in [0.29, 0.717) is 11.6 Å². The summed E-state index contributed by atoms with van der Waals surface area (Å²) in [6.07, 6.45) is 3.27. The molecule has 1 heterocycles.